The highest BCUT2D eigenvalue weighted by atomic mass is 19.1. The maximum atomic E-state index is 13.6. The van der Waals surface area contributed by atoms with Crippen molar-refractivity contribution in [1.29, 1.82) is 0 Å². The third-order valence-electron chi connectivity index (χ3n) is 5.14. The van der Waals surface area contributed by atoms with Crippen LogP contribution in [0.15, 0.2) is 42.7 Å². The Morgan fingerprint density at radius 3 is 2.36 bits per heavy atom. The molecule has 3 aromatic rings. The average molecular weight is 456 g/mol. The van der Waals surface area contributed by atoms with E-state index >= 15 is 0 Å². The van der Waals surface area contributed by atoms with Crippen LogP contribution in [0.3, 0.4) is 0 Å². The summed E-state index contributed by atoms with van der Waals surface area (Å²) in [5.41, 5.74) is 1.96. The molecule has 1 aliphatic rings. The van der Waals surface area contributed by atoms with Gasteiger partial charge in [-0.15, -0.1) is 0 Å². The van der Waals surface area contributed by atoms with Crippen LogP contribution in [0.25, 0.3) is 0 Å². The Balaban J connectivity index is 1.22. The number of nitrogens with one attached hydrogen (secondary N) is 3. The van der Waals surface area contributed by atoms with Crippen molar-refractivity contribution in [3.05, 3.63) is 65.7 Å². The molecule has 0 unspecified atom stereocenters. The Bertz CT molecular complexity index is 1030. The summed E-state index contributed by atoms with van der Waals surface area (Å²) in [6.45, 7) is 6.07. The van der Waals surface area contributed by atoms with Gasteiger partial charge in [0.2, 0.25) is 5.95 Å². The Kier molecular flexibility index (Phi) is 7.88. The van der Waals surface area contributed by atoms with E-state index < -0.39 is 11.9 Å². The monoisotopic (exact) mass is 455 g/mol. The number of benzene rings is 1. The molecule has 0 spiro atoms. The smallest absolute Gasteiger partial charge is 0.310 e. The van der Waals surface area contributed by atoms with Crippen LogP contribution in [0.5, 0.6) is 0 Å². The van der Waals surface area contributed by atoms with Crippen LogP contribution in [-0.2, 0) is 17.8 Å². The lowest BCUT2D eigenvalue weighted by Crippen LogP contribution is -2.39. The Morgan fingerprint density at radius 2 is 1.61 bits per heavy atom. The molecule has 11 heteroatoms. The van der Waals surface area contributed by atoms with E-state index in [0.717, 1.165) is 62.5 Å². The van der Waals surface area contributed by atoms with Crippen molar-refractivity contribution in [2.45, 2.75) is 13.1 Å². The van der Waals surface area contributed by atoms with Gasteiger partial charge in [0.1, 0.15) is 5.82 Å². The number of nitrogens with zero attached hydrogens (tertiary/aromatic N) is 5. The maximum Gasteiger partial charge on any atom is 0.310 e. The first kappa shape index (κ1) is 22.7. The van der Waals surface area contributed by atoms with Gasteiger partial charge in [-0.3, -0.25) is 4.90 Å². The quantitative estimate of drug-likeness (QED) is 0.398. The topological polar surface area (TPSA) is 100 Å². The lowest BCUT2D eigenvalue weighted by molar-refractivity contribution is 0.0398. The van der Waals surface area contributed by atoms with Crippen LogP contribution >= 0.6 is 0 Å². The standard InChI is InChI=1S/C22H26F2N8O/c23-18-15-29-21(24)31-20(18)28-14-17-3-1-16(2-4-17)13-27-19-5-6-25-22(30-19)26-7-8-32-9-11-33-12-10-32/h1-6,15H,7-14H2,(H,28,29,31)(H2,25,26,27,30)/i24-1. The molecule has 1 saturated heterocycles. The summed E-state index contributed by atoms with van der Waals surface area (Å²) in [4.78, 5) is 17.7. The normalized spacial score (nSPS) is 14.1. The summed E-state index contributed by atoms with van der Waals surface area (Å²) >= 11 is 0. The van der Waals surface area contributed by atoms with Gasteiger partial charge in [0.25, 0.3) is 0 Å². The second kappa shape index (κ2) is 11.4. The number of rotatable bonds is 10. The van der Waals surface area contributed by atoms with E-state index in [0.29, 0.717) is 19.0 Å². The molecule has 1 aromatic carbocycles. The predicted octanol–water partition coefficient (Wildman–Crippen LogP) is 2.51. The second-order valence-corrected chi connectivity index (χ2v) is 7.51. The van der Waals surface area contributed by atoms with Crippen LogP contribution in [0.2, 0.25) is 0 Å². The Hall–Kier alpha value is -3.44. The molecule has 0 atom stereocenters. The molecule has 1 fully saturated rings. The summed E-state index contributed by atoms with van der Waals surface area (Å²) < 4.78 is 32.0. The van der Waals surface area contributed by atoms with Crippen LogP contribution in [0, 0.1) is 11.9 Å². The molecule has 0 bridgehead atoms. The molecule has 9 nitrogen and oxygen atoms in total. The van der Waals surface area contributed by atoms with Crippen LogP contribution in [-0.4, -0.2) is 64.2 Å². The fourth-order valence-corrected chi connectivity index (χ4v) is 3.32. The van der Waals surface area contributed by atoms with Crippen molar-refractivity contribution in [2.24, 2.45) is 0 Å². The molecular formula is C22H26F2N8O. The van der Waals surface area contributed by atoms with Crippen LogP contribution < -0.4 is 16.0 Å². The van der Waals surface area contributed by atoms with E-state index in [9.17, 15) is 8.78 Å². The number of hydrogen-bond donors (Lipinski definition) is 3. The molecule has 0 saturated carbocycles. The first-order valence-corrected chi connectivity index (χ1v) is 10.8. The molecule has 4 rings (SSSR count). The molecule has 0 amide bonds. The van der Waals surface area contributed by atoms with Crippen LogP contribution in [0.1, 0.15) is 11.1 Å². The summed E-state index contributed by atoms with van der Waals surface area (Å²) in [6, 6.07) is 9.57. The van der Waals surface area contributed by atoms with Crippen molar-refractivity contribution in [3.63, 3.8) is 0 Å². The van der Waals surface area contributed by atoms with E-state index in [2.05, 4.69) is 40.8 Å². The molecule has 1 aliphatic heterocycles. The van der Waals surface area contributed by atoms with Gasteiger partial charge in [-0.25, -0.2) is 14.4 Å². The third kappa shape index (κ3) is 7.02. The minimum atomic E-state index is -0.972. The summed E-state index contributed by atoms with van der Waals surface area (Å²) in [5.74, 6) is 0.456. The largest absolute Gasteiger partial charge is 0.379 e. The number of morpholine rings is 1. The van der Waals surface area contributed by atoms with E-state index in [1.54, 1.807) is 6.20 Å². The van der Waals surface area contributed by atoms with E-state index in [1.807, 2.05) is 30.3 Å². The third-order valence-corrected chi connectivity index (χ3v) is 5.14. The van der Waals surface area contributed by atoms with E-state index in [-0.39, 0.29) is 5.82 Å². The zero-order valence-corrected chi connectivity index (χ0v) is 18.1. The highest BCUT2D eigenvalue weighted by Crippen LogP contribution is 2.13. The Labute approximate surface area is 190 Å². The molecule has 2 aromatic heterocycles. The van der Waals surface area contributed by atoms with Crippen molar-refractivity contribution in [1.82, 2.24) is 24.8 Å². The summed E-state index contributed by atoms with van der Waals surface area (Å²) in [5, 5.41) is 9.33. The van der Waals surface area contributed by atoms with Crippen LogP contribution in [0.4, 0.5) is 26.4 Å². The minimum absolute atomic E-state index is 0.161. The molecule has 0 radical (unpaired) electrons. The van der Waals surface area contributed by atoms with Gasteiger partial charge in [-0.05, 0) is 17.2 Å². The van der Waals surface area contributed by atoms with E-state index in [4.69, 9.17) is 4.74 Å². The maximum absolute atomic E-state index is 13.6. The van der Waals surface area contributed by atoms with Gasteiger partial charge in [-0.1, -0.05) is 24.3 Å². The van der Waals surface area contributed by atoms with Gasteiger partial charge in [-0.2, -0.15) is 14.4 Å². The fraction of sp³-hybridized carbons (Fsp3) is 0.364. The lowest BCUT2D eigenvalue weighted by atomic mass is 10.1. The van der Waals surface area contributed by atoms with E-state index in [1.165, 1.54) is 0 Å². The number of ether oxygens (including phenoxy) is 1. The SMILES string of the molecule is Fc1cnc([18F])nc1NCc1ccc(CNc2ccnc(NCCN3CCOCC3)n2)cc1. The lowest BCUT2D eigenvalue weighted by Gasteiger charge is -2.26. The Morgan fingerprint density at radius 1 is 0.879 bits per heavy atom. The molecule has 33 heavy (non-hydrogen) atoms. The van der Waals surface area contributed by atoms with Gasteiger partial charge >= 0.3 is 6.08 Å². The highest BCUT2D eigenvalue weighted by Gasteiger charge is 2.10. The van der Waals surface area contributed by atoms with Gasteiger partial charge in [0.15, 0.2) is 11.6 Å². The first-order valence-electron chi connectivity index (χ1n) is 10.8. The highest BCUT2D eigenvalue weighted by molar-refractivity contribution is 5.41. The number of anilines is 3. The fourth-order valence-electron chi connectivity index (χ4n) is 3.32. The predicted molar refractivity (Wildman–Crippen MR) is 121 cm³/mol. The number of hydrogen-bond acceptors (Lipinski definition) is 9. The summed E-state index contributed by atoms with van der Waals surface area (Å²) in [6.07, 6.45) is 1.55. The zero-order chi connectivity index (χ0) is 22.9. The molecule has 3 N–H and O–H groups in total. The molecule has 174 valence electrons. The molecule has 0 aliphatic carbocycles. The van der Waals surface area contributed by atoms with Gasteiger partial charge < -0.3 is 20.7 Å². The first-order chi connectivity index (χ1) is 16.2. The van der Waals surface area contributed by atoms with Crippen molar-refractivity contribution in [3.8, 4) is 0 Å². The van der Waals surface area contributed by atoms with Gasteiger partial charge in [0.05, 0.1) is 19.4 Å². The number of halogens is 2. The molecule has 3 heterocycles. The number of aromatic nitrogens is 4. The summed E-state index contributed by atoms with van der Waals surface area (Å²) in [7, 11) is 0. The van der Waals surface area contributed by atoms with Crippen molar-refractivity contribution < 1.29 is 13.5 Å². The van der Waals surface area contributed by atoms with Gasteiger partial charge in [0, 0.05) is 45.5 Å². The second-order valence-electron chi connectivity index (χ2n) is 7.51. The minimum Gasteiger partial charge on any atom is -0.379 e. The van der Waals surface area contributed by atoms with Crippen molar-refractivity contribution >= 4 is 17.6 Å². The average Bonchev–Trinajstić information content (AvgIpc) is 2.85. The van der Waals surface area contributed by atoms with Crippen molar-refractivity contribution in [2.75, 3.05) is 55.3 Å². The molecular weight excluding hydrogens is 429 g/mol. The zero-order valence-electron chi connectivity index (χ0n) is 18.1.